The van der Waals surface area contributed by atoms with Crippen molar-refractivity contribution in [3.05, 3.63) is 65.9 Å². The van der Waals surface area contributed by atoms with Crippen molar-refractivity contribution < 1.29 is 14.6 Å². The smallest absolute Gasteiger partial charge is 0.335 e. The van der Waals surface area contributed by atoms with Crippen molar-refractivity contribution in [2.45, 2.75) is 26.2 Å². The third-order valence-electron chi connectivity index (χ3n) is 3.85. The molecule has 25 heavy (non-hydrogen) atoms. The molecule has 0 aliphatic rings. The largest absolute Gasteiger partial charge is 0.478 e. The molecule has 0 atom stereocenters. The molecule has 0 saturated carbocycles. The summed E-state index contributed by atoms with van der Waals surface area (Å²) in [4.78, 5) is 15.6. The number of para-hydroxylation sites is 1. The lowest BCUT2D eigenvalue weighted by Gasteiger charge is -2.11. The van der Waals surface area contributed by atoms with E-state index < -0.39 is 5.97 Å². The van der Waals surface area contributed by atoms with Gasteiger partial charge in [-0.05, 0) is 49.2 Å². The first-order valence-electron chi connectivity index (χ1n) is 8.07. The van der Waals surface area contributed by atoms with Crippen LogP contribution in [0.2, 0.25) is 0 Å². The van der Waals surface area contributed by atoms with Crippen molar-refractivity contribution in [2.75, 3.05) is 0 Å². The highest BCUT2D eigenvalue weighted by Crippen LogP contribution is 2.30. The van der Waals surface area contributed by atoms with E-state index in [1.165, 1.54) is 0 Å². The van der Waals surface area contributed by atoms with Gasteiger partial charge in [0.15, 0.2) is 0 Å². The number of fused-ring (bicyclic) bond motifs is 1. The molecular weight excluding hydrogens is 338 g/mol. The Morgan fingerprint density at radius 1 is 1.12 bits per heavy atom. The average molecular weight is 358 g/mol. The first-order valence-corrected chi connectivity index (χ1v) is 8.07. The number of unbranched alkanes of at least 4 members (excludes halogenated alkanes) is 1. The predicted octanol–water partition coefficient (Wildman–Crippen LogP) is 5.49. The molecule has 0 fully saturated rings. The van der Waals surface area contributed by atoms with Crippen molar-refractivity contribution in [3.8, 4) is 11.5 Å². The highest BCUT2D eigenvalue weighted by molar-refractivity contribution is 5.88. The lowest BCUT2D eigenvalue weighted by atomic mass is 10.1. The molecule has 3 rings (SSSR count). The number of hydrogen-bond donors (Lipinski definition) is 1. The van der Waals surface area contributed by atoms with Gasteiger partial charge in [0.2, 0.25) is 0 Å². The van der Waals surface area contributed by atoms with Crippen LogP contribution in [-0.4, -0.2) is 16.1 Å². The second-order valence-corrected chi connectivity index (χ2v) is 5.66. The van der Waals surface area contributed by atoms with Gasteiger partial charge in [0.05, 0.1) is 11.1 Å². The number of carboxylic acid groups (broad SMARTS) is 1. The maximum Gasteiger partial charge on any atom is 0.335 e. The molecule has 1 N–H and O–H groups in total. The standard InChI is InChI=1S/C20H19NO3.ClH/c1-2-3-6-15-13-19(17-7-4-5-8-18(17)21-15)24-16-11-9-14(10-12-16)20(22)23;/h4-5,7-13H,2-3,6H2,1H3,(H,22,23);1H. The SMILES string of the molecule is CCCCc1cc(Oc2ccc(C(=O)O)cc2)c2ccccc2n1.Cl. The number of pyridine rings is 1. The van der Waals surface area contributed by atoms with E-state index in [9.17, 15) is 4.79 Å². The van der Waals surface area contributed by atoms with Crippen molar-refractivity contribution in [1.82, 2.24) is 4.98 Å². The lowest BCUT2D eigenvalue weighted by molar-refractivity contribution is 0.0697. The molecular formula is C20H20ClNO3. The molecule has 0 radical (unpaired) electrons. The Labute approximate surface area is 152 Å². The van der Waals surface area contributed by atoms with E-state index in [0.717, 1.165) is 41.6 Å². The summed E-state index contributed by atoms with van der Waals surface area (Å²) in [5.41, 5.74) is 2.15. The summed E-state index contributed by atoms with van der Waals surface area (Å²) in [5, 5.41) is 9.92. The topological polar surface area (TPSA) is 59.4 Å². The zero-order valence-corrected chi connectivity index (χ0v) is 14.8. The maximum atomic E-state index is 10.9. The second-order valence-electron chi connectivity index (χ2n) is 5.66. The van der Waals surface area contributed by atoms with E-state index in [2.05, 4.69) is 6.92 Å². The Kier molecular flexibility index (Phi) is 6.37. The molecule has 4 nitrogen and oxygen atoms in total. The van der Waals surface area contributed by atoms with Crippen molar-refractivity contribution in [3.63, 3.8) is 0 Å². The fourth-order valence-electron chi connectivity index (χ4n) is 2.56. The Morgan fingerprint density at radius 2 is 1.84 bits per heavy atom. The van der Waals surface area contributed by atoms with Crippen molar-refractivity contribution in [2.24, 2.45) is 0 Å². The highest BCUT2D eigenvalue weighted by Gasteiger charge is 2.09. The summed E-state index contributed by atoms with van der Waals surface area (Å²) in [6.07, 6.45) is 3.11. The summed E-state index contributed by atoms with van der Waals surface area (Å²) >= 11 is 0. The number of benzene rings is 2. The van der Waals surface area contributed by atoms with Gasteiger partial charge in [-0.15, -0.1) is 12.4 Å². The van der Waals surface area contributed by atoms with Gasteiger partial charge >= 0.3 is 5.97 Å². The van der Waals surface area contributed by atoms with E-state index in [1.807, 2.05) is 30.3 Å². The summed E-state index contributed by atoms with van der Waals surface area (Å²) in [6.45, 7) is 2.16. The number of rotatable bonds is 6. The quantitative estimate of drug-likeness (QED) is 0.633. The molecule has 5 heteroatoms. The Morgan fingerprint density at radius 3 is 2.52 bits per heavy atom. The van der Waals surface area contributed by atoms with Gasteiger partial charge in [0.25, 0.3) is 0 Å². The van der Waals surface area contributed by atoms with Crippen LogP contribution in [0, 0.1) is 0 Å². The molecule has 0 spiro atoms. The van der Waals surface area contributed by atoms with Crippen molar-refractivity contribution >= 4 is 29.3 Å². The third kappa shape index (κ3) is 4.48. The Balaban J connectivity index is 0.00000225. The number of carbonyl (C=O) groups is 1. The summed E-state index contributed by atoms with van der Waals surface area (Å²) in [5.74, 6) is 0.408. The molecule has 0 aliphatic carbocycles. The van der Waals surface area contributed by atoms with Gasteiger partial charge in [-0.3, -0.25) is 4.98 Å². The Hall–Kier alpha value is -2.59. The van der Waals surface area contributed by atoms with Crippen LogP contribution in [0.3, 0.4) is 0 Å². The molecule has 3 aromatic rings. The number of aromatic nitrogens is 1. The zero-order valence-electron chi connectivity index (χ0n) is 13.9. The molecule has 0 saturated heterocycles. The van der Waals surface area contributed by atoms with Crippen LogP contribution in [0.25, 0.3) is 10.9 Å². The number of halogens is 1. The number of carboxylic acids is 1. The minimum atomic E-state index is -0.947. The van der Waals surface area contributed by atoms with Gasteiger partial charge in [-0.2, -0.15) is 0 Å². The average Bonchev–Trinajstić information content (AvgIpc) is 2.60. The van der Waals surface area contributed by atoms with Crippen LogP contribution in [-0.2, 0) is 6.42 Å². The fraction of sp³-hybridized carbons (Fsp3) is 0.200. The van der Waals surface area contributed by atoms with Crippen LogP contribution >= 0.6 is 12.4 Å². The number of aromatic carboxylic acids is 1. The van der Waals surface area contributed by atoms with Gasteiger partial charge in [0, 0.05) is 17.1 Å². The number of ether oxygens (including phenoxy) is 1. The number of hydrogen-bond acceptors (Lipinski definition) is 3. The van der Waals surface area contributed by atoms with E-state index in [0.29, 0.717) is 5.75 Å². The van der Waals surface area contributed by atoms with Crippen molar-refractivity contribution in [1.29, 1.82) is 0 Å². The van der Waals surface area contributed by atoms with Gasteiger partial charge in [-0.1, -0.05) is 25.5 Å². The molecule has 2 aromatic carbocycles. The Bertz CT molecular complexity index is 862. The van der Waals surface area contributed by atoms with E-state index in [-0.39, 0.29) is 18.0 Å². The molecule has 0 amide bonds. The predicted molar refractivity (Wildman–Crippen MR) is 101 cm³/mol. The minimum Gasteiger partial charge on any atom is -0.478 e. The zero-order chi connectivity index (χ0) is 16.9. The van der Waals surface area contributed by atoms with Crippen LogP contribution in [0.15, 0.2) is 54.6 Å². The monoisotopic (exact) mass is 357 g/mol. The highest BCUT2D eigenvalue weighted by atomic mass is 35.5. The van der Waals surface area contributed by atoms with Crippen LogP contribution in [0.5, 0.6) is 11.5 Å². The van der Waals surface area contributed by atoms with Gasteiger partial charge in [-0.25, -0.2) is 4.79 Å². The third-order valence-corrected chi connectivity index (χ3v) is 3.85. The number of aryl methyl sites for hydroxylation is 1. The molecule has 0 aliphatic heterocycles. The van der Waals surface area contributed by atoms with E-state index >= 15 is 0 Å². The molecule has 1 aromatic heterocycles. The fourth-order valence-corrected chi connectivity index (χ4v) is 2.56. The molecule has 130 valence electrons. The van der Waals surface area contributed by atoms with E-state index in [1.54, 1.807) is 24.3 Å². The first kappa shape index (κ1) is 18.7. The number of nitrogens with zero attached hydrogens (tertiary/aromatic N) is 1. The van der Waals surface area contributed by atoms with Crippen LogP contribution in [0.1, 0.15) is 35.8 Å². The molecule has 1 heterocycles. The van der Waals surface area contributed by atoms with Gasteiger partial charge < -0.3 is 9.84 Å². The first-order chi connectivity index (χ1) is 11.7. The summed E-state index contributed by atoms with van der Waals surface area (Å²) in [7, 11) is 0. The molecule has 0 unspecified atom stereocenters. The van der Waals surface area contributed by atoms with Crippen LogP contribution < -0.4 is 4.74 Å². The summed E-state index contributed by atoms with van der Waals surface area (Å²) < 4.78 is 6.01. The maximum absolute atomic E-state index is 10.9. The normalized spacial score (nSPS) is 10.3. The van der Waals surface area contributed by atoms with Gasteiger partial charge in [0.1, 0.15) is 11.5 Å². The van der Waals surface area contributed by atoms with E-state index in [4.69, 9.17) is 14.8 Å². The second kappa shape index (κ2) is 8.49. The minimum absolute atomic E-state index is 0. The molecule has 0 bridgehead atoms. The lowest BCUT2D eigenvalue weighted by Crippen LogP contribution is -1.96. The van der Waals surface area contributed by atoms with Crippen LogP contribution in [0.4, 0.5) is 0 Å². The summed E-state index contributed by atoms with van der Waals surface area (Å²) in [6, 6.07) is 16.3.